The lowest BCUT2D eigenvalue weighted by Crippen LogP contribution is -2.28. The summed E-state index contributed by atoms with van der Waals surface area (Å²) in [6, 6.07) is 20.6. The smallest absolute Gasteiger partial charge is 0.264 e. The normalized spacial score (nSPS) is 12.1. The molecule has 6 nitrogen and oxygen atoms in total. The van der Waals surface area contributed by atoms with E-state index in [-0.39, 0.29) is 4.90 Å². The Balaban J connectivity index is 1.64. The van der Waals surface area contributed by atoms with Gasteiger partial charge in [0.15, 0.2) is 0 Å². The van der Waals surface area contributed by atoms with Crippen LogP contribution >= 0.6 is 0 Å². The third-order valence-corrected chi connectivity index (χ3v) is 6.35. The summed E-state index contributed by atoms with van der Waals surface area (Å²) in [4.78, 5) is 15.5. The molecule has 30 heavy (non-hydrogen) atoms. The first-order valence-corrected chi connectivity index (χ1v) is 11.1. The Kier molecular flexibility index (Phi) is 5.13. The molecule has 0 spiro atoms. The molecular weight excluding hydrogens is 398 g/mol. The Morgan fingerprint density at radius 3 is 2.40 bits per heavy atom. The predicted molar refractivity (Wildman–Crippen MR) is 120 cm³/mol. The molecule has 0 fully saturated rings. The highest BCUT2D eigenvalue weighted by atomic mass is 32.2. The molecule has 0 unspecified atom stereocenters. The van der Waals surface area contributed by atoms with Crippen molar-refractivity contribution in [1.29, 1.82) is 0 Å². The van der Waals surface area contributed by atoms with Crippen LogP contribution in [0.4, 0.5) is 5.69 Å². The summed E-state index contributed by atoms with van der Waals surface area (Å²) in [5.74, 6) is -0.628. The van der Waals surface area contributed by atoms with E-state index in [9.17, 15) is 13.2 Å². The van der Waals surface area contributed by atoms with Crippen molar-refractivity contribution in [1.82, 2.24) is 9.29 Å². The molecule has 0 radical (unpaired) electrons. The minimum absolute atomic E-state index is 0.0189. The van der Waals surface area contributed by atoms with E-state index in [4.69, 9.17) is 0 Å². The van der Waals surface area contributed by atoms with Crippen molar-refractivity contribution in [3.05, 3.63) is 72.3 Å². The van der Waals surface area contributed by atoms with Crippen molar-refractivity contribution >= 4 is 49.6 Å². The van der Waals surface area contributed by atoms with Crippen LogP contribution in [0.2, 0.25) is 0 Å². The molecule has 0 aliphatic rings. The van der Waals surface area contributed by atoms with Gasteiger partial charge in [-0.05, 0) is 55.0 Å². The van der Waals surface area contributed by atoms with Gasteiger partial charge in [0.05, 0.1) is 10.6 Å². The quantitative estimate of drug-likeness (QED) is 0.487. The molecule has 4 rings (SSSR count). The van der Waals surface area contributed by atoms with Gasteiger partial charge < -0.3 is 4.57 Å². The number of sulfonamides is 1. The number of nitrogens with zero attached hydrogens (tertiary/aromatic N) is 2. The zero-order chi connectivity index (χ0) is 21.3. The van der Waals surface area contributed by atoms with Crippen LogP contribution in [0.1, 0.15) is 19.4 Å². The van der Waals surface area contributed by atoms with Crippen LogP contribution in [0.3, 0.4) is 0 Å². The summed E-state index contributed by atoms with van der Waals surface area (Å²) in [6.45, 7) is 4.19. The fraction of sp³-hybridized carbons (Fsp3) is 0.130. The monoisotopic (exact) mass is 419 g/mol. The molecule has 0 bridgehead atoms. The molecule has 0 atom stereocenters. The molecule has 7 heteroatoms. The standard InChI is InChI=1S/C23H21N3O3S/c1-3-26-22-7-5-4-6-20(22)21-14-17(8-13-23(21)26)15-24-18-9-11-19(12-10-18)30(28,29)25-16(2)27/h4-15H,3H2,1-2H3,(H,25,27). The van der Waals surface area contributed by atoms with Gasteiger partial charge in [-0.3, -0.25) is 9.79 Å². The first kappa shape index (κ1) is 19.8. The Morgan fingerprint density at radius 1 is 1.00 bits per heavy atom. The Labute approximate surface area is 174 Å². The summed E-state index contributed by atoms with van der Waals surface area (Å²) in [6.07, 6.45) is 1.76. The average Bonchev–Trinajstić information content (AvgIpc) is 3.04. The lowest BCUT2D eigenvalue weighted by Gasteiger charge is -2.04. The maximum Gasteiger partial charge on any atom is 0.264 e. The van der Waals surface area contributed by atoms with Crippen LogP contribution in [-0.4, -0.2) is 25.1 Å². The van der Waals surface area contributed by atoms with Gasteiger partial charge >= 0.3 is 0 Å². The topological polar surface area (TPSA) is 80.5 Å². The van der Waals surface area contributed by atoms with Crippen LogP contribution < -0.4 is 4.72 Å². The van der Waals surface area contributed by atoms with E-state index >= 15 is 0 Å². The number of rotatable bonds is 5. The number of nitrogens with one attached hydrogen (secondary N) is 1. The van der Waals surface area contributed by atoms with Crippen molar-refractivity contribution in [2.45, 2.75) is 25.3 Å². The molecule has 1 amide bonds. The van der Waals surface area contributed by atoms with Crippen LogP contribution in [-0.2, 0) is 21.4 Å². The predicted octanol–water partition coefficient (Wildman–Crippen LogP) is 4.39. The molecule has 0 aliphatic heterocycles. The second kappa shape index (κ2) is 7.76. The largest absolute Gasteiger partial charge is 0.341 e. The zero-order valence-corrected chi connectivity index (χ0v) is 17.5. The number of fused-ring (bicyclic) bond motifs is 3. The van der Waals surface area contributed by atoms with E-state index in [1.165, 1.54) is 33.9 Å². The van der Waals surface area contributed by atoms with Gasteiger partial charge in [-0.2, -0.15) is 0 Å². The van der Waals surface area contributed by atoms with Crippen molar-refractivity contribution in [2.75, 3.05) is 0 Å². The summed E-state index contributed by atoms with van der Waals surface area (Å²) in [7, 11) is -3.84. The van der Waals surface area contributed by atoms with Gasteiger partial charge in [0, 0.05) is 41.5 Å². The van der Waals surface area contributed by atoms with E-state index in [2.05, 4.69) is 40.7 Å². The highest BCUT2D eigenvalue weighted by Gasteiger charge is 2.14. The number of carbonyl (C=O) groups is 1. The van der Waals surface area contributed by atoms with E-state index in [0.717, 1.165) is 19.0 Å². The first-order chi connectivity index (χ1) is 14.4. The Hall–Kier alpha value is -3.45. The maximum atomic E-state index is 12.0. The van der Waals surface area contributed by atoms with Gasteiger partial charge in [-0.15, -0.1) is 0 Å². The number of aliphatic imine (C=N–C) groups is 1. The van der Waals surface area contributed by atoms with Crippen molar-refractivity contribution in [2.24, 2.45) is 4.99 Å². The SMILES string of the molecule is CCn1c2ccccc2c2cc(C=Nc3ccc(S(=O)(=O)NC(C)=O)cc3)ccc21. The molecule has 1 heterocycles. The van der Waals surface area contributed by atoms with Crippen molar-refractivity contribution < 1.29 is 13.2 Å². The minimum Gasteiger partial charge on any atom is -0.341 e. The van der Waals surface area contributed by atoms with Crippen molar-refractivity contribution in [3.63, 3.8) is 0 Å². The lowest BCUT2D eigenvalue weighted by molar-refractivity contribution is -0.117. The summed E-state index contributed by atoms with van der Waals surface area (Å²) < 4.78 is 28.3. The number of aryl methyl sites for hydroxylation is 1. The number of hydrogen-bond acceptors (Lipinski definition) is 4. The fourth-order valence-electron chi connectivity index (χ4n) is 3.60. The molecule has 0 aliphatic carbocycles. The van der Waals surface area contributed by atoms with Crippen LogP contribution in [0.25, 0.3) is 21.8 Å². The second-order valence-corrected chi connectivity index (χ2v) is 8.63. The maximum absolute atomic E-state index is 12.0. The molecule has 4 aromatic rings. The van der Waals surface area contributed by atoms with Crippen molar-refractivity contribution in [3.8, 4) is 0 Å². The molecule has 0 saturated heterocycles. The number of hydrogen-bond donors (Lipinski definition) is 1. The van der Waals surface area contributed by atoms with Crippen LogP contribution in [0, 0.1) is 0 Å². The fourth-order valence-corrected chi connectivity index (χ4v) is 4.59. The number of amides is 1. The number of benzene rings is 3. The van der Waals surface area contributed by atoms with Gasteiger partial charge in [0.2, 0.25) is 5.91 Å². The summed E-state index contributed by atoms with van der Waals surface area (Å²) in [5.41, 5.74) is 3.97. The number of para-hydroxylation sites is 1. The number of aromatic nitrogens is 1. The number of carbonyl (C=O) groups excluding carboxylic acids is 1. The van der Waals surface area contributed by atoms with E-state index in [0.29, 0.717) is 5.69 Å². The summed E-state index contributed by atoms with van der Waals surface area (Å²) in [5, 5.41) is 2.38. The Morgan fingerprint density at radius 2 is 1.70 bits per heavy atom. The van der Waals surface area contributed by atoms with E-state index in [1.54, 1.807) is 18.3 Å². The third kappa shape index (κ3) is 3.71. The van der Waals surface area contributed by atoms with E-state index < -0.39 is 15.9 Å². The molecule has 0 saturated carbocycles. The molecular formula is C23H21N3O3S. The molecule has 1 N–H and O–H groups in total. The zero-order valence-electron chi connectivity index (χ0n) is 16.7. The molecule has 3 aromatic carbocycles. The minimum atomic E-state index is -3.84. The highest BCUT2D eigenvalue weighted by molar-refractivity contribution is 7.90. The van der Waals surface area contributed by atoms with Crippen LogP contribution in [0.15, 0.2) is 76.6 Å². The van der Waals surface area contributed by atoms with Crippen LogP contribution in [0.5, 0.6) is 0 Å². The van der Waals surface area contributed by atoms with E-state index in [1.807, 2.05) is 22.9 Å². The third-order valence-electron chi connectivity index (χ3n) is 4.90. The average molecular weight is 420 g/mol. The second-order valence-electron chi connectivity index (χ2n) is 6.95. The Bertz CT molecular complexity index is 1380. The first-order valence-electron chi connectivity index (χ1n) is 9.57. The van der Waals surface area contributed by atoms with Gasteiger partial charge in [-0.1, -0.05) is 24.3 Å². The lowest BCUT2D eigenvalue weighted by atomic mass is 10.1. The van der Waals surface area contributed by atoms with Gasteiger partial charge in [-0.25, -0.2) is 13.1 Å². The highest BCUT2D eigenvalue weighted by Crippen LogP contribution is 2.29. The molecule has 152 valence electrons. The molecule has 1 aromatic heterocycles. The van der Waals surface area contributed by atoms with Gasteiger partial charge in [0.1, 0.15) is 0 Å². The summed E-state index contributed by atoms with van der Waals surface area (Å²) >= 11 is 0. The van der Waals surface area contributed by atoms with Gasteiger partial charge in [0.25, 0.3) is 10.0 Å².